The number of amides is 2. The minimum absolute atomic E-state index is 0.230. The number of rotatable bonds is 8. The van der Waals surface area contributed by atoms with Gasteiger partial charge in [0, 0.05) is 49.3 Å². The van der Waals surface area contributed by atoms with Crippen LogP contribution in [0.15, 0.2) is 48.9 Å². The lowest BCUT2D eigenvalue weighted by atomic mass is 10.1. The Bertz CT molecular complexity index is 1160. The first-order chi connectivity index (χ1) is 17.5. The van der Waals surface area contributed by atoms with Gasteiger partial charge in [-0.25, -0.2) is 4.98 Å². The summed E-state index contributed by atoms with van der Waals surface area (Å²) in [6.45, 7) is 1.60. The molecule has 13 nitrogen and oxygen atoms in total. The minimum Gasteiger partial charge on any atom is -0.496 e. The van der Waals surface area contributed by atoms with E-state index in [2.05, 4.69) is 20.6 Å². The number of hydrogen-bond donors (Lipinski definition) is 7. The number of nitrogens with zero attached hydrogens (tertiary/aromatic N) is 1. The molecule has 0 fully saturated rings. The summed E-state index contributed by atoms with van der Waals surface area (Å²) in [7, 11) is 1.55. The average Bonchev–Trinajstić information content (AvgIpc) is 3.34. The number of carbonyl (C=O) groups excluding carboxylic acids is 2. The third kappa shape index (κ3) is 11.2. The van der Waals surface area contributed by atoms with Crippen LogP contribution in [0.5, 0.6) is 5.75 Å². The van der Waals surface area contributed by atoms with Gasteiger partial charge in [-0.2, -0.15) is 0 Å². The van der Waals surface area contributed by atoms with Crippen LogP contribution in [-0.2, 0) is 25.6 Å². The summed E-state index contributed by atoms with van der Waals surface area (Å²) < 4.78 is 5.39. The molecule has 0 bridgehead atoms. The Morgan fingerprint density at radius 3 is 2.24 bits per heavy atom. The highest BCUT2D eigenvalue weighted by molar-refractivity contribution is 6.00. The smallest absolute Gasteiger partial charge is 0.300 e. The lowest BCUT2D eigenvalue weighted by Crippen LogP contribution is -2.52. The quantitative estimate of drug-likeness (QED) is 0.222. The molecular weight excluding hydrogens is 486 g/mol. The number of aromatic amines is 1. The summed E-state index contributed by atoms with van der Waals surface area (Å²) in [5, 5.41) is 31.4. The molecule has 0 saturated carbocycles. The van der Waals surface area contributed by atoms with Gasteiger partial charge in [0.2, 0.25) is 11.8 Å². The first-order valence-corrected chi connectivity index (χ1v) is 10.9. The number of H-pyrrole nitrogens is 1. The van der Waals surface area contributed by atoms with E-state index in [1.165, 1.54) is 6.33 Å². The van der Waals surface area contributed by atoms with Gasteiger partial charge < -0.3 is 41.4 Å². The van der Waals surface area contributed by atoms with Crippen LogP contribution in [0.4, 0.5) is 5.69 Å². The maximum absolute atomic E-state index is 12.6. The molecular formula is C24H31N5O8. The Morgan fingerprint density at radius 2 is 1.70 bits per heavy atom. The van der Waals surface area contributed by atoms with E-state index in [0.29, 0.717) is 17.1 Å². The molecule has 0 saturated heterocycles. The van der Waals surface area contributed by atoms with Crippen LogP contribution in [0.2, 0.25) is 0 Å². The first-order valence-electron chi connectivity index (χ1n) is 10.9. The summed E-state index contributed by atoms with van der Waals surface area (Å²) in [4.78, 5) is 49.6. The van der Waals surface area contributed by atoms with Crippen molar-refractivity contribution in [3.05, 3.63) is 54.6 Å². The van der Waals surface area contributed by atoms with Gasteiger partial charge >= 0.3 is 0 Å². The van der Waals surface area contributed by atoms with Crippen LogP contribution in [0.25, 0.3) is 10.8 Å². The second-order valence-corrected chi connectivity index (χ2v) is 7.56. The second-order valence-electron chi connectivity index (χ2n) is 7.56. The zero-order valence-corrected chi connectivity index (χ0v) is 20.6. The molecule has 0 unspecified atom stereocenters. The van der Waals surface area contributed by atoms with E-state index in [-0.39, 0.29) is 6.42 Å². The van der Waals surface area contributed by atoms with Gasteiger partial charge in [0.15, 0.2) is 0 Å². The molecule has 0 aliphatic carbocycles. The van der Waals surface area contributed by atoms with E-state index in [1.807, 2.05) is 24.3 Å². The molecule has 0 spiro atoms. The number of aliphatic carboxylic acids is 2. The first kappa shape index (κ1) is 30.5. The summed E-state index contributed by atoms with van der Waals surface area (Å²) in [5.41, 5.74) is 7.06. The number of nitrogens with two attached hydrogens (primary N) is 1. The molecule has 200 valence electrons. The molecule has 13 heteroatoms. The van der Waals surface area contributed by atoms with Gasteiger partial charge in [0.05, 0.1) is 26.1 Å². The van der Waals surface area contributed by atoms with Crippen molar-refractivity contribution in [3.63, 3.8) is 0 Å². The van der Waals surface area contributed by atoms with Crippen molar-refractivity contribution in [1.29, 1.82) is 0 Å². The Labute approximate surface area is 212 Å². The van der Waals surface area contributed by atoms with Crippen molar-refractivity contribution in [1.82, 2.24) is 15.3 Å². The van der Waals surface area contributed by atoms with Gasteiger partial charge in [-0.3, -0.25) is 19.2 Å². The molecule has 0 aliphatic heterocycles. The number of carbonyl (C=O) groups is 4. The number of aromatic nitrogens is 2. The number of ether oxygens (including phenoxy) is 1. The highest BCUT2D eigenvalue weighted by Gasteiger charge is 2.24. The lowest BCUT2D eigenvalue weighted by Gasteiger charge is -2.19. The summed E-state index contributed by atoms with van der Waals surface area (Å²) >= 11 is 0. The number of anilines is 1. The third-order valence-electron chi connectivity index (χ3n) is 4.46. The Morgan fingerprint density at radius 1 is 1.08 bits per heavy atom. The van der Waals surface area contributed by atoms with Crippen LogP contribution in [-0.4, -0.2) is 74.8 Å². The van der Waals surface area contributed by atoms with Crippen molar-refractivity contribution in [2.45, 2.75) is 32.4 Å². The molecule has 1 aromatic heterocycles. The van der Waals surface area contributed by atoms with Gasteiger partial charge in [-0.1, -0.05) is 24.3 Å². The van der Waals surface area contributed by atoms with Crippen molar-refractivity contribution in [2.75, 3.05) is 19.0 Å². The fraction of sp³-hybridized carbons (Fsp3) is 0.292. The van der Waals surface area contributed by atoms with Gasteiger partial charge in [-0.05, 0) is 11.5 Å². The van der Waals surface area contributed by atoms with Crippen LogP contribution in [0, 0.1) is 0 Å². The predicted octanol–water partition coefficient (Wildman–Crippen LogP) is 0.739. The maximum atomic E-state index is 12.6. The van der Waals surface area contributed by atoms with E-state index in [9.17, 15) is 14.7 Å². The van der Waals surface area contributed by atoms with E-state index in [0.717, 1.165) is 24.6 Å². The molecule has 0 aliphatic rings. The van der Waals surface area contributed by atoms with Crippen LogP contribution < -0.4 is 21.1 Å². The van der Waals surface area contributed by atoms with Crippen molar-refractivity contribution in [3.8, 4) is 5.75 Å². The second kappa shape index (κ2) is 15.5. The summed E-state index contributed by atoms with van der Waals surface area (Å²) in [6.07, 6.45) is 3.28. The van der Waals surface area contributed by atoms with Gasteiger partial charge in [0.25, 0.3) is 11.9 Å². The SMILES string of the molecule is CC(=O)O.CC(=O)O.COc1cc(NC(=O)[C@H](CO)NC(=O)[C@@H](N)Cc2cnc[nH]2)cc2ccccc12. The monoisotopic (exact) mass is 517 g/mol. The van der Waals surface area contributed by atoms with Crippen LogP contribution in [0.1, 0.15) is 19.5 Å². The largest absolute Gasteiger partial charge is 0.496 e. The highest BCUT2D eigenvalue weighted by atomic mass is 16.5. The molecule has 0 radical (unpaired) electrons. The highest BCUT2D eigenvalue weighted by Crippen LogP contribution is 2.29. The lowest BCUT2D eigenvalue weighted by molar-refractivity contribution is -0.135. The standard InChI is InChI=1S/C20H23N5O4.2C2H4O2/c1-29-18-8-13(6-12-4-2-3-5-15(12)18)24-20(28)17(10-26)25-19(27)16(21)7-14-9-22-11-23-14;2*1-2(3)4/h2-6,8-9,11,16-17,26H,7,10,21H2,1H3,(H,22,23)(H,24,28)(H,25,27);2*1H3,(H,3,4)/t16-,17-;;/m0../s1. The average molecular weight is 518 g/mol. The van der Waals surface area contributed by atoms with E-state index in [1.54, 1.807) is 25.4 Å². The zero-order valence-electron chi connectivity index (χ0n) is 20.6. The molecule has 2 aromatic carbocycles. The van der Waals surface area contributed by atoms with E-state index in [4.69, 9.17) is 30.3 Å². The molecule has 37 heavy (non-hydrogen) atoms. The van der Waals surface area contributed by atoms with E-state index < -0.39 is 42.4 Å². The van der Waals surface area contributed by atoms with Gasteiger partial charge in [0.1, 0.15) is 11.8 Å². The minimum atomic E-state index is -1.15. The number of benzene rings is 2. The normalized spacial score (nSPS) is 11.5. The maximum Gasteiger partial charge on any atom is 0.300 e. The van der Waals surface area contributed by atoms with Crippen LogP contribution in [0.3, 0.4) is 0 Å². The fourth-order valence-corrected chi connectivity index (χ4v) is 2.94. The van der Waals surface area contributed by atoms with Crippen molar-refractivity contribution in [2.24, 2.45) is 5.73 Å². The number of hydrogen-bond acceptors (Lipinski definition) is 8. The Balaban J connectivity index is 0.000000751. The zero-order chi connectivity index (χ0) is 28.0. The fourth-order valence-electron chi connectivity index (χ4n) is 2.94. The number of carboxylic acids is 2. The Kier molecular flexibility index (Phi) is 12.8. The molecule has 3 rings (SSSR count). The number of aliphatic hydroxyl groups is 1. The van der Waals surface area contributed by atoms with Gasteiger partial charge in [-0.15, -0.1) is 0 Å². The van der Waals surface area contributed by atoms with Crippen LogP contribution >= 0.6 is 0 Å². The third-order valence-corrected chi connectivity index (χ3v) is 4.46. The number of methoxy groups -OCH3 is 1. The molecule has 1 heterocycles. The number of fused-ring (bicyclic) bond motifs is 1. The molecule has 2 atom stereocenters. The number of imidazole rings is 1. The van der Waals surface area contributed by atoms with Crippen molar-refractivity contribution >= 4 is 40.2 Å². The predicted molar refractivity (Wildman–Crippen MR) is 135 cm³/mol. The van der Waals surface area contributed by atoms with Crippen molar-refractivity contribution < 1.29 is 39.2 Å². The molecule has 2 amide bonds. The molecule has 3 aromatic rings. The number of carboxylic acid groups (broad SMARTS) is 2. The molecule has 8 N–H and O–H groups in total. The van der Waals surface area contributed by atoms with E-state index >= 15 is 0 Å². The Hall–Kier alpha value is -4.49. The topological polar surface area (TPSA) is 217 Å². The summed E-state index contributed by atoms with van der Waals surface area (Å²) in [6, 6.07) is 9.02. The number of aliphatic hydroxyl groups excluding tert-OH is 1. The number of nitrogens with one attached hydrogen (secondary N) is 3. The summed E-state index contributed by atoms with van der Waals surface area (Å²) in [5.74, 6) is -2.18.